The molecule has 64 valence electrons. The lowest BCUT2D eigenvalue weighted by molar-refractivity contribution is -0.490. The molecule has 0 heterocycles. The van der Waals surface area contributed by atoms with Crippen molar-refractivity contribution in [3.8, 4) is 0 Å². The Bertz CT molecular complexity index is 286. The number of nitrogens with zero attached hydrogens (tertiary/aromatic N) is 2. The highest BCUT2D eigenvalue weighted by Crippen LogP contribution is 2.12. The van der Waals surface area contributed by atoms with Crippen molar-refractivity contribution >= 4 is 5.69 Å². The van der Waals surface area contributed by atoms with Crippen molar-refractivity contribution in [3.63, 3.8) is 0 Å². The standard InChI is InChI=1S/C7H7FN2O2/c1-9(10(11)12)7-4-2-6(8)3-5-7/h2-5H,1H3. The van der Waals surface area contributed by atoms with Gasteiger partial charge in [0.1, 0.15) is 11.5 Å². The Kier molecular flexibility index (Phi) is 2.23. The van der Waals surface area contributed by atoms with E-state index < -0.39 is 10.8 Å². The van der Waals surface area contributed by atoms with Gasteiger partial charge in [0.2, 0.25) is 0 Å². The summed E-state index contributed by atoms with van der Waals surface area (Å²) in [5, 5.41) is 10.5. The first kappa shape index (κ1) is 8.45. The van der Waals surface area contributed by atoms with Crippen molar-refractivity contribution in [1.29, 1.82) is 0 Å². The molecule has 4 nitrogen and oxygen atoms in total. The first-order valence-corrected chi connectivity index (χ1v) is 3.25. The second kappa shape index (κ2) is 3.17. The molecule has 1 rings (SSSR count). The van der Waals surface area contributed by atoms with Gasteiger partial charge in [0.15, 0.2) is 5.03 Å². The zero-order valence-electron chi connectivity index (χ0n) is 6.40. The zero-order valence-corrected chi connectivity index (χ0v) is 6.40. The first-order chi connectivity index (χ1) is 5.61. The smallest absolute Gasteiger partial charge is 0.164 e. The second-order valence-corrected chi connectivity index (χ2v) is 2.24. The molecule has 0 fully saturated rings. The summed E-state index contributed by atoms with van der Waals surface area (Å²) in [6, 6.07) is 5.04. The summed E-state index contributed by atoms with van der Waals surface area (Å²) >= 11 is 0. The van der Waals surface area contributed by atoms with Crippen molar-refractivity contribution in [3.05, 3.63) is 40.2 Å². The van der Waals surface area contributed by atoms with E-state index >= 15 is 0 Å². The summed E-state index contributed by atoms with van der Waals surface area (Å²) in [5.41, 5.74) is 0.349. The highest BCUT2D eigenvalue weighted by atomic mass is 19.1. The van der Waals surface area contributed by atoms with E-state index in [2.05, 4.69) is 0 Å². The monoisotopic (exact) mass is 170 g/mol. The molecule has 1 aromatic carbocycles. The molecule has 0 aromatic heterocycles. The van der Waals surface area contributed by atoms with Crippen molar-refractivity contribution in [2.45, 2.75) is 0 Å². The lowest BCUT2D eigenvalue weighted by Gasteiger charge is -2.06. The van der Waals surface area contributed by atoms with Gasteiger partial charge < -0.3 is 0 Å². The van der Waals surface area contributed by atoms with Gasteiger partial charge in [-0.15, -0.1) is 0 Å². The molecule has 0 aliphatic carbocycles. The molecule has 0 unspecified atom stereocenters. The summed E-state index contributed by atoms with van der Waals surface area (Å²) in [6.45, 7) is 0. The molecule has 0 saturated carbocycles. The Morgan fingerprint density at radius 3 is 2.33 bits per heavy atom. The molecule has 0 atom stereocenters. The number of benzene rings is 1. The van der Waals surface area contributed by atoms with Crippen LogP contribution in [-0.4, -0.2) is 12.1 Å². The van der Waals surface area contributed by atoms with Gasteiger partial charge in [0.05, 0.1) is 7.05 Å². The Morgan fingerprint density at radius 2 is 1.92 bits per heavy atom. The average molecular weight is 170 g/mol. The van der Waals surface area contributed by atoms with Gasteiger partial charge in [-0.2, -0.15) is 0 Å². The van der Waals surface area contributed by atoms with Gasteiger partial charge >= 0.3 is 0 Å². The minimum absolute atomic E-state index is 0.349. The normalized spacial score (nSPS) is 9.50. The summed E-state index contributed by atoms with van der Waals surface area (Å²) in [7, 11) is 1.30. The highest BCUT2D eigenvalue weighted by molar-refractivity contribution is 5.42. The van der Waals surface area contributed by atoms with Crippen molar-refractivity contribution in [2.75, 3.05) is 12.1 Å². The van der Waals surface area contributed by atoms with Crippen LogP contribution in [0.1, 0.15) is 0 Å². The summed E-state index contributed by atoms with van der Waals surface area (Å²) in [6.07, 6.45) is 0. The Morgan fingerprint density at radius 1 is 1.42 bits per heavy atom. The van der Waals surface area contributed by atoms with E-state index in [4.69, 9.17) is 0 Å². The van der Waals surface area contributed by atoms with Crippen LogP contribution in [0, 0.1) is 15.9 Å². The molecular formula is C7H7FN2O2. The van der Waals surface area contributed by atoms with E-state index in [1.807, 2.05) is 0 Å². The number of hydrogen-bond acceptors (Lipinski definition) is 2. The number of halogens is 1. The van der Waals surface area contributed by atoms with Gasteiger partial charge in [-0.1, -0.05) is 5.01 Å². The highest BCUT2D eigenvalue weighted by Gasteiger charge is 2.09. The molecule has 0 aliphatic rings. The van der Waals surface area contributed by atoms with Crippen LogP contribution in [0.5, 0.6) is 0 Å². The second-order valence-electron chi connectivity index (χ2n) is 2.24. The van der Waals surface area contributed by atoms with Gasteiger partial charge in [-0.25, -0.2) is 14.5 Å². The van der Waals surface area contributed by atoms with Crippen molar-refractivity contribution in [1.82, 2.24) is 0 Å². The third kappa shape index (κ3) is 1.69. The van der Waals surface area contributed by atoms with E-state index in [0.717, 1.165) is 5.01 Å². The first-order valence-electron chi connectivity index (χ1n) is 3.25. The summed E-state index contributed by atoms with van der Waals surface area (Å²) < 4.78 is 12.4. The lowest BCUT2D eigenvalue weighted by atomic mass is 10.3. The fraction of sp³-hybridized carbons (Fsp3) is 0.143. The van der Waals surface area contributed by atoms with Crippen LogP contribution >= 0.6 is 0 Å². The fourth-order valence-corrected chi connectivity index (χ4v) is 0.751. The number of rotatable bonds is 2. The number of hydrazine groups is 1. The van der Waals surface area contributed by atoms with Crippen LogP contribution in [0.4, 0.5) is 10.1 Å². The van der Waals surface area contributed by atoms with Gasteiger partial charge in [0, 0.05) is 0 Å². The topological polar surface area (TPSA) is 46.4 Å². The number of nitro groups is 1. The van der Waals surface area contributed by atoms with Gasteiger partial charge in [0.25, 0.3) is 0 Å². The number of hydrogen-bond donors (Lipinski definition) is 0. The Balaban J connectivity index is 2.89. The molecule has 0 aliphatic heterocycles. The molecule has 1 aromatic rings. The SMILES string of the molecule is CN(c1ccc(F)cc1)[N+](=O)[O-]. The van der Waals surface area contributed by atoms with E-state index in [9.17, 15) is 14.5 Å². The minimum atomic E-state index is -0.576. The maximum Gasteiger partial charge on any atom is 0.164 e. The molecule has 0 N–H and O–H groups in total. The van der Waals surface area contributed by atoms with Crippen LogP contribution in [0.25, 0.3) is 0 Å². The predicted octanol–water partition coefficient (Wildman–Crippen LogP) is 1.45. The predicted molar refractivity (Wildman–Crippen MR) is 41.8 cm³/mol. The van der Waals surface area contributed by atoms with Crippen molar-refractivity contribution in [2.24, 2.45) is 0 Å². The van der Waals surface area contributed by atoms with E-state index in [1.165, 1.54) is 31.3 Å². The fourth-order valence-electron chi connectivity index (χ4n) is 0.751. The zero-order chi connectivity index (χ0) is 9.14. The number of anilines is 1. The Hall–Kier alpha value is -1.65. The molecular weight excluding hydrogens is 163 g/mol. The molecule has 0 spiro atoms. The lowest BCUT2D eigenvalue weighted by Crippen LogP contribution is -2.24. The van der Waals surface area contributed by atoms with E-state index in [1.54, 1.807) is 0 Å². The van der Waals surface area contributed by atoms with Crippen LogP contribution in [-0.2, 0) is 0 Å². The molecule has 0 radical (unpaired) electrons. The van der Waals surface area contributed by atoms with Crippen LogP contribution in [0.15, 0.2) is 24.3 Å². The van der Waals surface area contributed by atoms with E-state index in [0.29, 0.717) is 5.69 Å². The summed E-state index contributed by atoms with van der Waals surface area (Å²) in [5.74, 6) is -0.407. The third-order valence-electron chi connectivity index (χ3n) is 1.45. The van der Waals surface area contributed by atoms with E-state index in [-0.39, 0.29) is 0 Å². The summed E-state index contributed by atoms with van der Waals surface area (Å²) in [4.78, 5) is 10.2. The molecule has 0 saturated heterocycles. The quantitative estimate of drug-likeness (QED) is 0.498. The van der Waals surface area contributed by atoms with Crippen LogP contribution in [0.3, 0.4) is 0 Å². The molecule has 0 amide bonds. The van der Waals surface area contributed by atoms with Gasteiger partial charge in [-0.05, 0) is 24.3 Å². The average Bonchev–Trinajstić information content (AvgIpc) is 2.04. The van der Waals surface area contributed by atoms with Crippen LogP contribution < -0.4 is 5.01 Å². The molecule has 0 bridgehead atoms. The largest absolute Gasteiger partial charge is 0.234 e. The maximum atomic E-state index is 12.4. The Labute approximate surface area is 68.3 Å². The minimum Gasteiger partial charge on any atom is -0.234 e. The van der Waals surface area contributed by atoms with Crippen molar-refractivity contribution < 1.29 is 9.42 Å². The van der Waals surface area contributed by atoms with Gasteiger partial charge in [-0.3, -0.25) is 0 Å². The maximum absolute atomic E-state index is 12.4. The van der Waals surface area contributed by atoms with Crippen LogP contribution in [0.2, 0.25) is 0 Å². The molecule has 12 heavy (non-hydrogen) atoms. The molecule has 5 heteroatoms. The third-order valence-corrected chi connectivity index (χ3v) is 1.45.